The van der Waals surface area contributed by atoms with E-state index in [9.17, 15) is 0 Å². The first-order valence-electron chi connectivity index (χ1n) is 6.79. The SMILES string of the molecule is CCC[SiH2]SOC[C@H](C)COCc1ccc(Br)cc1. The van der Waals surface area contributed by atoms with E-state index in [0.29, 0.717) is 12.5 Å². The number of rotatable bonds is 10. The molecule has 0 heterocycles. The Morgan fingerprint density at radius 1 is 1.26 bits per heavy atom. The quantitative estimate of drug-likeness (QED) is 0.353. The van der Waals surface area contributed by atoms with E-state index in [1.165, 1.54) is 18.0 Å². The zero-order valence-electron chi connectivity index (χ0n) is 11.7. The summed E-state index contributed by atoms with van der Waals surface area (Å²) in [5, 5.41) is 0. The van der Waals surface area contributed by atoms with Crippen LogP contribution < -0.4 is 0 Å². The van der Waals surface area contributed by atoms with E-state index in [4.69, 9.17) is 8.92 Å². The highest BCUT2D eigenvalue weighted by molar-refractivity contribution is 9.10. The molecular formula is C14H23BrO2SSi. The Kier molecular flexibility index (Phi) is 9.90. The van der Waals surface area contributed by atoms with Crippen LogP contribution in [0.25, 0.3) is 0 Å². The first-order valence-corrected chi connectivity index (χ1v) is 11.2. The van der Waals surface area contributed by atoms with Gasteiger partial charge in [-0.2, -0.15) is 0 Å². The summed E-state index contributed by atoms with van der Waals surface area (Å²) in [7, 11) is -0.0474. The molecule has 0 saturated carbocycles. The normalized spacial score (nSPS) is 13.2. The summed E-state index contributed by atoms with van der Waals surface area (Å²) in [6.07, 6.45) is 1.29. The van der Waals surface area contributed by atoms with E-state index in [2.05, 4.69) is 41.9 Å². The monoisotopic (exact) mass is 362 g/mol. The zero-order chi connectivity index (χ0) is 13.9. The summed E-state index contributed by atoms with van der Waals surface area (Å²) >= 11 is 5.14. The standard InChI is InChI=1S/C14H23BrO2SSi/c1-3-8-19-18-17-10-12(2)9-16-11-13-4-6-14(15)7-5-13/h4-7,12H,3,8-11,19H2,1-2H3/t12-/m1/s1. The molecule has 0 bridgehead atoms. The van der Waals surface area contributed by atoms with Gasteiger partial charge in [-0.25, -0.2) is 0 Å². The lowest BCUT2D eigenvalue weighted by Gasteiger charge is -2.12. The number of hydrogen-bond acceptors (Lipinski definition) is 3. The van der Waals surface area contributed by atoms with Crippen molar-refractivity contribution in [3.8, 4) is 0 Å². The fraction of sp³-hybridized carbons (Fsp3) is 0.571. The van der Waals surface area contributed by atoms with Crippen molar-refractivity contribution in [2.45, 2.75) is 32.9 Å². The summed E-state index contributed by atoms with van der Waals surface area (Å²) in [4.78, 5) is 0. The van der Waals surface area contributed by atoms with E-state index in [0.717, 1.165) is 17.7 Å². The van der Waals surface area contributed by atoms with Gasteiger partial charge in [0.05, 0.1) is 19.8 Å². The molecule has 5 heteroatoms. The van der Waals surface area contributed by atoms with Crippen molar-refractivity contribution < 1.29 is 8.92 Å². The van der Waals surface area contributed by atoms with Crippen LogP contribution >= 0.6 is 27.4 Å². The van der Waals surface area contributed by atoms with Gasteiger partial charge in [0.1, 0.15) is 8.67 Å². The van der Waals surface area contributed by atoms with Gasteiger partial charge in [0.15, 0.2) is 0 Å². The Morgan fingerprint density at radius 2 is 2.00 bits per heavy atom. The molecule has 0 spiro atoms. The predicted octanol–water partition coefficient (Wildman–Crippen LogP) is 4.18. The minimum Gasteiger partial charge on any atom is -0.376 e. The highest BCUT2D eigenvalue weighted by Gasteiger charge is 2.03. The molecule has 108 valence electrons. The van der Waals surface area contributed by atoms with Crippen molar-refractivity contribution in [3.05, 3.63) is 34.3 Å². The van der Waals surface area contributed by atoms with Gasteiger partial charge in [0, 0.05) is 10.4 Å². The minimum absolute atomic E-state index is 0.0474. The molecule has 0 aliphatic rings. The molecule has 19 heavy (non-hydrogen) atoms. The van der Waals surface area contributed by atoms with Gasteiger partial charge in [0.2, 0.25) is 0 Å². The second-order valence-electron chi connectivity index (χ2n) is 4.71. The van der Waals surface area contributed by atoms with E-state index in [1.54, 1.807) is 11.5 Å². The van der Waals surface area contributed by atoms with Gasteiger partial charge in [-0.3, -0.25) is 0 Å². The molecule has 0 aliphatic heterocycles. The first-order chi connectivity index (χ1) is 9.22. The molecule has 0 unspecified atom stereocenters. The molecule has 1 aromatic rings. The molecule has 1 aromatic carbocycles. The molecular weight excluding hydrogens is 340 g/mol. The average Bonchev–Trinajstić information content (AvgIpc) is 2.41. The van der Waals surface area contributed by atoms with Crippen LogP contribution in [0.4, 0.5) is 0 Å². The largest absolute Gasteiger partial charge is 0.376 e. The molecule has 1 rings (SSSR count). The Morgan fingerprint density at radius 3 is 2.68 bits per heavy atom. The Labute approximate surface area is 131 Å². The number of halogens is 1. The van der Waals surface area contributed by atoms with Crippen LogP contribution in [-0.4, -0.2) is 21.9 Å². The van der Waals surface area contributed by atoms with E-state index >= 15 is 0 Å². The third-order valence-corrected chi connectivity index (χ3v) is 6.46. The van der Waals surface area contributed by atoms with E-state index < -0.39 is 0 Å². The maximum atomic E-state index is 5.71. The van der Waals surface area contributed by atoms with Crippen molar-refractivity contribution in [2.24, 2.45) is 5.92 Å². The van der Waals surface area contributed by atoms with Crippen LogP contribution in [0.15, 0.2) is 28.7 Å². The topological polar surface area (TPSA) is 18.5 Å². The summed E-state index contributed by atoms with van der Waals surface area (Å²) in [5.74, 6) is 0.457. The fourth-order valence-electron chi connectivity index (χ4n) is 1.43. The van der Waals surface area contributed by atoms with Gasteiger partial charge in [-0.15, -0.1) is 0 Å². The molecule has 0 aliphatic carbocycles. The molecule has 2 nitrogen and oxygen atoms in total. The number of ether oxygens (including phenoxy) is 1. The third-order valence-electron chi connectivity index (χ3n) is 2.60. The molecule has 0 saturated heterocycles. The molecule has 0 aromatic heterocycles. The maximum Gasteiger partial charge on any atom is 0.121 e. The van der Waals surface area contributed by atoms with Crippen molar-refractivity contribution >= 4 is 36.1 Å². The van der Waals surface area contributed by atoms with Crippen molar-refractivity contribution in [1.82, 2.24) is 0 Å². The molecule has 0 N–H and O–H groups in total. The van der Waals surface area contributed by atoms with Crippen LogP contribution in [0.2, 0.25) is 6.04 Å². The van der Waals surface area contributed by atoms with Crippen molar-refractivity contribution in [2.75, 3.05) is 13.2 Å². The van der Waals surface area contributed by atoms with Gasteiger partial charge in [-0.1, -0.05) is 54.4 Å². The lowest BCUT2D eigenvalue weighted by Crippen LogP contribution is -2.11. The van der Waals surface area contributed by atoms with Gasteiger partial charge in [-0.05, 0) is 29.2 Å². The summed E-state index contributed by atoms with van der Waals surface area (Å²) < 4.78 is 12.4. The molecule has 0 amide bonds. The fourth-order valence-corrected chi connectivity index (χ4v) is 4.41. The Balaban J connectivity index is 2.03. The third kappa shape index (κ3) is 8.86. The van der Waals surface area contributed by atoms with Crippen LogP contribution in [-0.2, 0) is 15.5 Å². The predicted molar refractivity (Wildman–Crippen MR) is 90.1 cm³/mol. The van der Waals surface area contributed by atoms with Gasteiger partial charge in [0.25, 0.3) is 0 Å². The minimum atomic E-state index is -0.0474. The maximum absolute atomic E-state index is 5.71. The van der Waals surface area contributed by atoms with Crippen LogP contribution in [0.1, 0.15) is 25.8 Å². The van der Waals surface area contributed by atoms with Crippen molar-refractivity contribution in [1.29, 1.82) is 0 Å². The Bertz CT molecular complexity index is 335. The second-order valence-corrected chi connectivity index (χ2v) is 9.14. The summed E-state index contributed by atoms with van der Waals surface area (Å²) in [6.45, 7) is 6.62. The van der Waals surface area contributed by atoms with Crippen LogP contribution in [0, 0.1) is 5.92 Å². The average molecular weight is 363 g/mol. The number of hydrogen-bond donors (Lipinski definition) is 0. The van der Waals surface area contributed by atoms with Crippen LogP contribution in [0.3, 0.4) is 0 Å². The lowest BCUT2D eigenvalue weighted by molar-refractivity contribution is 0.0779. The molecule has 0 fully saturated rings. The summed E-state index contributed by atoms with van der Waals surface area (Å²) in [6, 6.07) is 9.61. The highest BCUT2D eigenvalue weighted by Crippen LogP contribution is 2.12. The number of benzene rings is 1. The van der Waals surface area contributed by atoms with Gasteiger partial charge >= 0.3 is 0 Å². The highest BCUT2D eigenvalue weighted by atomic mass is 79.9. The van der Waals surface area contributed by atoms with Crippen LogP contribution in [0.5, 0.6) is 0 Å². The molecule has 1 atom stereocenters. The Hall–Kier alpha value is 0.187. The van der Waals surface area contributed by atoms with Crippen molar-refractivity contribution in [3.63, 3.8) is 0 Å². The molecule has 0 radical (unpaired) electrons. The zero-order valence-corrected chi connectivity index (χ0v) is 15.5. The summed E-state index contributed by atoms with van der Waals surface area (Å²) in [5.41, 5.74) is 1.21. The van der Waals surface area contributed by atoms with E-state index in [1.807, 2.05) is 12.1 Å². The smallest absolute Gasteiger partial charge is 0.121 e. The van der Waals surface area contributed by atoms with Gasteiger partial charge < -0.3 is 8.92 Å². The lowest BCUT2D eigenvalue weighted by atomic mass is 10.2. The first kappa shape index (κ1) is 17.2. The van der Waals surface area contributed by atoms with E-state index in [-0.39, 0.29) is 8.67 Å². The second kappa shape index (κ2) is 10.9.